The molecule has 2 aliphatic rings. The molecule has 2 aromatic rings. The Labute approximate surface area is 129 Å². The summed E-state index contributed by atoms with van der Waals surface area (Å²) in [5, 5.41) is 4.67. The van der Waals surface area contributed by atoms with Gasteiger partial charge in [0.15, 0.2) is 0 Å². The monoisotopic (exact) mass is 296 g/mol. The number of fused-ring (bicyclic) bond motifs is 3. The zero-order chi connectivity index (χ0) is 14.4. The Morgan fingerprint density at radius 2 is 1.38 bits per heavy atom. The van der Waals surface area contributed by atoms with Crippen LogP contribution in [0, 0.1) is 11.8 Å². The molecule has 0 spiro atoms. The third-order valence-electron chi connectivity index (χ3n) is 5.91. The van der Waals surface area contributed by atoms with Gasteiger partial charge in [0, 0.05) is 0 Å². The fourth-order valence-electron chi connectivity index (χ4n) is 4.68. The van der Waals surface area contributed by atoms with E-state index in [4.69, 9.17) is 0 Å². The molecule has 4 rings (SSSR count). The normalized spacial score (nSPS) is 35.8. The second kappa shape index (κ2) is 5.40. The third-order valence-corrected chi connectivity index (χ3v) is 9.82. The fraction of sp³-hybridized carbons (Fsp3) is 0.500. The Balaban J connectivity index is 1.86. The minimum Gasteiger partial charge on any atom is -0.0677 e. The summed E-state index contributed by atoms with van der Waals surface area (Å²) >= 11 is 0. The smallest absolute Gasteiger partial charge is 0.0107 e. The molecule has 2 saturated heterocycles. The Morgan fingerprint density at radius 1 is 0.762 bits per heavy atom. The standard InChI is InChI=1S/C20H25P/c1-14-10-12-19-15(2)11-13-18(14)21(19)20-9-5-7-16-6-3-4-8-17(16)20/h3-9,14-15,18-19H,10-13H2,1-2H3/t14-,15-,18+,19+/m1/s1. The average molecular weight is 296 g/mol. The molecule has 2 heterocycles. The topological polar surface area (TPSA) is 0 Å². The van der Waals surface area contributed by atoms with Crippen LogP contribution >= 0.6 is 7.92 Å². The van der Waals surface area contributed by atoms with Crippen molar-refractivity contribution in [1.29, 1.82) is 0 Å². The van der Waals surface area contributed by atoms with Crippen molar-refractivity contribution in [2.75, 3.05) is 0 Å². The van der Waals surface area contributed by atoms with Crippen molar-refractivity contribution >= 4 is 24.0 Å². The van der Waals surface area contributed by atoms with Crippen molar-refractivity contribution in [2.45, 2.75) is 50.8 Å². The number of rotatable bonds is 1. The molecular formula is C20H25P. The summed E-state index contributed by atoms with van der Waals surface area (Å²) in [5.74, 6) is 1.86. The average Bonchev–Trinajstić information content (AvgIpc) is 2.52. The summed E-state index contributed by atoms with van der Waals surface area (Å²) in [6.45, 7) is 5.02. The SMILES string of the molecule is C[C@@H]1CC[C@H]2[C@H](C)CC[C@@H]1P2c1cccc2ccccc12. The molecule has 2 aliphatic heterocycles. The van der Waals surface area contributed by atoms with Crippen molar-refractivity contribution in [3.8, 4) is 0 Å². The van der Waals surface area contributed by atoms with Crippen molar-refractivity contribution in [1.82, 2.24) is 0 Å². The summed E-state index contributed by atoms with van der Waals surface area (Å²) < 4.78 is 0. The highest BCUT2D eigenvalue weighted by Crippen LogP contribution is 2.62. The van der Waals surface area contributed by atoms with Crippen molar-refractivity contribution in [3.63, 3.8) is 0 Å². The summed E-state index contributed by atoms with van der Waals surface area (Å²) in [7, 11) is 0.0167. The van der Waals surface area contributed by atoms with E-state index in [1.54, 1.807) is 5.30 Å². The zero-order valence-electron chi connectivity index (χ0n) is 13.1. The quantitative estimate of drug-likeness (QED) is 0.606. The third kappa shape index (κ3) is 2.23. The highest BCUT2D eigenvalue weighted by atomic mass is 31.1. The highest BCUT2D eigenvalue weighted by molar-refractivity contribution is 7.67. The van der Waals surface area contributed by atoms with Crippen molar-refractivity contribution < 1.29 is 0 Å². The van der Waals surface area contributed by atoms with E-state index in [-0.39, 0.29) is 7.92 Å². The molecule has 1 heteroatoms. The lowest BCUT2D eigenvalue weighted by Crippen LogP contribution is -2.40. The van der Waals surface area contributed by atoms with Crippen LogP contribution in [0.25, 0.3) is 10.8 Å². The van der Waals surface area contributed by atoms with Gasteiger partial charge in [-0.1, -0.05) is 64.2 Å². The van der Waals surface area contributed by atoms with Crippen LogP contribution in [0.5, 0.6) is 0 Å². The zero-order valence-corrected chi connectivity index (χ0v) is 14.0. The summed E-state index contributed by atoms with van der Waals surface area (Å²) in [5.41, 5.74) is 1.95. The minimum absolute atomic E-state index is 0.0167. The van der Waals surface area contributed by atoms with E-state index in [9.17, 15) is 0 Å². The predicted molar refractivity (Wildman–Crippen MR) is 94.9 cm³/mol. The molecule has 2 aromatic carbocycles. The molecule has 0 nitrogen and oxygen atoms in total. The van der Waals surface area contributed by atoms with Gasteiger partial charge in [0.05, 0.1) is 0 Å². The molecule has 110 valence electrons. The van der Waals surface area contributed by atoms with Crippen molar-refractivity contribution in [3.05, 3.63) is 42.5 Å². The summed E-state index contributed by atoms with van der Waals surface area (Å²) in [6.07, 6.45) is 5.86. The van der Waals surface area contributed by atoms with Crippen LogP contribution in [0.1, 0.15) is 39.5 Å². The number of benzene rings is 2. The van der Waals surface area contributed by atoms with Crippen LogP contribution in [-0.2, 0) is 0 Å². The molecule has 0 radical (unpaired) electrons. The van der Waals surface area contributed by atoms with Gasteiger partial charge < -0.3 is 0 Å². The predicted octanol–water partition coefficient (Wildman–Crippen LogP) is 5.54. The van der Waals surface area contributed by atoms with E-state index < -0.39 is 0 Å². The Morgan fingerprint density at radius 3 is 2.10 bits per heavy atom. The van der Waals surface area contributed by atoms with E-state index in [2.05, 4.69) is 56.3 Å². The molecule has 0 saturated carbocycles. The lowest BCUT2D eigenvalue weighted by molar-refractivity contribution is 0.327. The first-order valence-electron chi connectivity index (χ1n) is 8.52. The Kier molecular flexibility index (Phi) is 3.54. The fourth-order valence-corrected chi connectivity index (χ4v) is 8.88. The Hall–Kier alpha value is -0.870. The van der Waals surface area contributed by atoms with Crippen LogP contribution in [0.3, 0.4) is 0 Å². The molecule has 0 amide bonds. The largest absolute Gasteiger partial charge is 0.0677 e. The van der Waals surface area contributed by atoms with E-state index >= 15 is 0 Å². The van der Waals surface area contributed by atoms with Crippen LogP contribution in [0.4, 0.5) is 0 Å². The second-order valence-corrected chi connectivity index (χ2v) is 9.77. The van der Waals surface area contributed by atoms with Gasteiger partial charge in [-0.3, -0.25) is 0 Å². The molecule has 0 aliphatic carbocycles. The van der Waals surface area contributed by atoms with E-state index in [1.165, 1.54) is 36.5 Å². The maximum atomic E-state index is 2.51. The van der Waals surface area contributed by atoms with Gasteiger partial charge in [0.25, 0.3) is 0 Å². The lowest BCUT2D eigenvalue weighted by atomic mass is 9.85. The molecule has 2 fully saturated rings. The van der Waals surface area contributed by atoms with Gasteiger partial charge in [0.1, 0.15) is 0 Å². The van der Waals surface area contributed by atoms with Gasteiger partial charge in [-0.05, 0) is 64.9 Å². The lowest BCUT2D eigenvalue weighted by Gasteiger charge is -2.50. The van der Waals surface area contributed by atoms with Gasteiger partial charge in [-0.2, -0.15) is 0 Å². The molecule has 4 atom stereocenters. The van der Waals surface area contributed by atoms with Crippen LogP contribution in [0.15, 0.2) is 42.5 Å². The van der Waals surface area contributed by atoms with E-state index in [1.807, 2.05) is 0 Å². The maximum Gasteiger partial charge on any atom is -0.0107 e. The number of hydrogen-bond acceptors (Lipinski definition) is 0. The first-order valence-corrected chi connectivity index (χ1v) is 10.00. The van der Waals surface area contributed by atoms with Crippen LogP contribution in [0.2, 0.25) is 0 Å². The molecular weight excluding hydrogens is 271 g/mol. The molecule has 0 aromatic heterocycles. The molecule has 0 N–H and O–H groups in total. The minimum atomic E-state index is 0.0167. The van der Waals surface area contributed by atoms with Gasteiger partial charge in [0.2, 0.25) is 0 Å². The number of hydrogen-bond donors (Lipinski definition) is 0. The summed E-state index contributed by atoms with van der Waals surface area (Å²) in [6, 6.07) is 16.0. The van der Waals surface area contributed by atoms with Crippen LogP contribution < -0.4 is 5.30 Å². The van der Waals surface area contributed by atoms with Gasteiger partial charge in [-0.25, -0.2) is 0 Å². The first kappa shape index (κ1) is 13.8. The van der Waals surface area contributed by atoms with Crippen molar-refractivity contribution in [2.24, 2.45) is 11.8 Å². The Bertz CT molecular complexity index is 624. The van der Waals surface area contributed by atoms with Gasteiger partial charge in [-0.15, -0.1) is 0 Å². The highest BCUT2D eigenvalue weighted by Gasteiger charge is 2.43. The van der Waals surface area contributed by atoms with Crippen LogP contribution in [-0.4, -0.2) is 11.3 Å². The molecule has 21 heavy (non-hydrogen) atoms. The molecule has 2 bridgehead atoms. The second-order valence-electron chi connectivity index (χ2n) is 7.15. The summed E-state index contributed by atoms with van der Waals surface area (Å²) in [4.78, 5) is 0. The van der Waals surface area contributed by atoms with E-state index in [0.29, 0.717) is 0 Å². The molecule has 0 unspecified atom stereocenters. The van der Waals surface area contributed by atoms with Gasteiger partial charge >= 0.3 is 0 Å². The van der Waals surface area contributed by atoms with E-state index in [0.717, 1.165) is 23.2 Å². The first-order chi connectivity index (χ1) is 10.3. The maximum absolute atomic E-state index is 2.51.